The molecule has 0 radical (unpaired) electrons. The fourth-order valence-electron chi connectivity index (χ4n) is 2.42. The fourth-order valence-corrected chi connectivity index (χ4v) is 2.42. The maximum Gasteiger partial charge on any atom is 0.163 e. The molecule has 0 aromatic heterocycles. The smallest absolute Gasteiger partial charge is 0.163 e. The Hall–Kier alpha value is -1.42. The van der Waals surface area contributed by atoms with Crippen LogP contribution in [0.1, 0.15) is 12.8 Å². The van der Waals surface area contributed by atoms with Crippen LogP contribution in [0.4, 0.5) is 5.69 Å². The molecule has 0 amide bonds. The predicted molar refractivity (Wildman–Crippen MR) is 71.5 cm³/mol. The summed E-state index contributed by atoms with van der Waals surface area (Å²) in [5.41, 5.74) is 1.12. The second-order valence-corrected chi connectivity index (χ2v) is 4.95. The molecule has 4 heteroatoms. The van der Waals surface area contributed by atoms with Gasteiger partial charge in [-0.15, -0.1) is 0 Å². The van der Waals surface area contributed by atoms with Crippen LogP contribution in [-0.2, 0) is 0 Å². The lowest BCUT2D eigenvalue weighted by molar-refractivity contribution is 0.297. The number of fused-ring (bicyclic) bond motifs is 1. The zero-order chi connectivity index (χ0) is 12.2. The summed E-state index contributed by atoms with van der Waals surface area (Å²) in [5.74, 6) is 2.46. The second-order valence-electron chi connectivity index (χ2n) is 4.95. The van der Waals surface area contributed by atoms with Gasteiger partial charge in [-0.25, -0.2) is 0 Å². The summed E-state index contributed by atoms with van der Waals surface area (Å²) in [5, 5.41) is 6.86. The van der Waals surface area contributed by atoms with Crippen molar-refractivity contribution < 1.29 is 9.47 Å². The molecule has 0 saturated carbocycles. The third-order valence-corrected chi connectivity index (χ3v) is 3.50. The van der Waals surface area contributed by atoms with Crippen LogP contribution in [0.3, 0.4) is 0 Å². The number of rotatable bonds is 3. The van der Waals surface area contributed by atoms with E-state index in [-0.39, 0.29) is 0 Å². The van der Waals surface area contributed by atoms with E-state index in [1.807, 2.05) is 12.1 Å². The van der Waals surface area contributed by atoms with Crippen LogP contribution in [0.2, 0.25) is 0 Å². The highest BCUT2D eigenvalue weighted by Gasteiger charge is 2.15. The van der Waals surface area contributed by atoms with Gasteiger partial charge < -0.3 is 20.1 Å². The van der Waals surface area contributed by atoms with Gasteiger partial charge in [0.25, 0.3) is 0 Å². The lowest BCUT2D eigenvalue weighted by atomic mass is 10.1. The van der Waals surface area contributed by atoms with Gasteiger partial charge in [0.15, 0.2) is 11.5 Å². The van der Waals surface area contributed by atoms with Crippen LogP contribution in [-0.4, -0.2) is 32.8 Å². The summed E-state index contributed by atoms with van der Waals surface area (Å²) in [6, 6.07) is 6.11. The van der Waals surface area contributed by atoms with Crippen LogP contribution in [0.15, 0.2) is 18.2 Å². The molecule has 0 aliphatic carbocycles. The molecule has 2 heterocycles. The Labute approximate surface area is 108 Å². The molecule has 3 rings (SSSR count). The van der Waals surface area contributed by atoms with Crippen molar-refractivity contribution in [2.45, 2.75) is 12.8 Å². The van der Waals surface area contributed by atoms with Gasteiger partial charge in [-0.1, -0.05) is 0 Å². The first-order chi connectivity index (χ1) is 8.92. The zero-order valence-electron chi connectivity index (χ0n) is 10.6. The molecule has 2 aliphatic rings. The average Bonchev–Trinajstić information content (AvgIpc) is 2.80. The molecular weight excluding hydrogens is 228 g/mol. The standard InChI is InChI=1S/C14H20N2O2/c1-6-17-13-3-2-12(8-14(13)18-7-1)16-10-11-4-5-15-9-11/h2-3,8,11,15-16H,1,4-7,9-10H2. The quantitative estimate of drug-likeness (QED) is 0.857. The van der Waals surface area contributed by atoms with Crippen molar-refractivity contribution in [1.29, 1.82) is 0 Å². The highest BCUT2D eigenvalue weighted by molar-refractivity contribution is 5.55. The number of anilines is 1. The molecule has 98 valence electrons. The lowest BCUT2D eigenvalue weighted by Gasteiger charge is -2.13. The van der Waals surface area contributed by atoms with Crippen LogP contribution in [0.5, 0.6) is 11.5 Å². The molecule has 0 spiro atoms. The third-order valence-electron chi connectivity index (χ3n) is 3.50. The third kappa shape index (κ3) is 2.70. The SMILES string of the molecule is c1cc2c(cc1NCC1CCNC1)OCCCO2. The Morgan fingerprint density at radius 2 is 2.11 bits per heavy atom. The van der Waals surface area contributed by atoms with Gasteiger partial charge in [0.05, 0.1) is 13.2 Å². The molecule has 0 bridgehead atoms. The molecule has 2 aliphatic heterocycles. The maximum absolute atomic E-state index is 5.68. The van der Waals surface area contributed by atoms with E-state index in [9.17, 15) is 0 Å². The number of hydrogen-bond acceptors (Lipinski definition) is 4. The predicted octanol–water partition coefficient (Wildman–Crippen LogP) is 1.87. The van der Waals surface area contributed by atoms with Crippen LogP contribution in [0, 0.1) is 5.92 Å². The highest BCUT2D eigenvalue weighted by Crippen LogP contribution is 2.32. The normalized spacial score (nSPS) is 22.6. The molecule has 2 N–H and O–H groups in total. The zero-order valence-corrected chi connectivity index (χ0v) is 10.6. The van der Waals surface area contributed by atoms with Crippen LogP contribution in [0.25, 0.3) is 0 Å². The largest absolute Gasteiger partial charge is 0.490 e. The fraction of sp³-hybridized carbons (Fsp3) is 0.571. The molecule has 1 fully saturated rings. The minimum absolute atomic E-state index is 0.737. The van der Waals surface area contributed by atoms with Crippen molar-refractivity contribution in [3.63, 3.8) is 0 Å². The van der Waals surface area contributed by atoms with Crippen molar-refractivity contribution in [2.75, 3.05) is 38.2 Å². The number of hydrogen-bond donors (Lipinski definition) is 2. The van der Waals surface area contributed by atoms with Crippen LogP contribution >= 0.6 is 0 Å². The highest BCUT2D eigenvalue weighted by atomic mass is 16.5. The Balaban J connectivity index is 1.63. The molecule has 1 saturated heterocycles. The number of ether oxygens (including phenoxy) is 2. The van der Waals surface area contributed by atoms with Gasteiger partial charge >= 0.3 is 0 Å². The van der Waals surface area contributed by atoms with E-state index in [1.54, 1.807) is 0 Å². The first kappa shape index (κ1) is 11.7. The van der Waals surface area contributed by atoms with Gasteiger partial charge in [0.2, 0.25) is 0 Å². The van der Waals surface area contributed by atoms with E-state index in [2.05, 4.69) is 16.7 Å². The van der Waals surface area contributed by atoms with Gasteiger partial charge in [-0.3, -0.25) is 0 Å². The van der Waals surface area contributed by atoms with E-state index in [1.165, 1.54) is 6.42 Å². The molecule has 1 atom stereocenters. The van der Waals surface area contributed by atoms with Gasteiger partial charge in [-0.05, 0) is 37.6 Å². The summed E-state index contributed by atoms with van der Waals surface area (Å²) in [6.45, 7) is 4.77. The topological polar surface area (TPSA) is 42.5 Å². The van der Waals surface area contributed by atoms with Crippen molar-refractivity contribution in [3.05, 3.63) is 18.2 Å². The molecular formula is C14H20N2O2. The van der Waals surface area contributed by atoms with Gasteiger partial charge in [0.1, 0.15) is 0 Å². The Morgan fingerprint density at radius 3 is 2.94 bits per heavy atom. The summed E-state index contributed by atoms with van der Waals surface area (Å²) >= 11 is 0. The summed E-state index contributed by atoms with van der Waals surface area (Å²) < 4.78 is 11.3. The lowest BCUT2D eigenvalue weighted by Crippen LogP contribution is -2.17. The Bertz CT molecular complexity index is 403. The summed E-state index contributed by atoms with van der Waals surface area (Å²) in [4.78, 5) is 0. The van der Waals surface area contributed by atoms with Gasteiger partial charge in [0, 0.05) is 24.7 Å². The van der Waals surface area contributed by atoms with E-state index < -0.39 is 0 Å². The van der Waals surface area contributed by atoms with Gasteiger partial charge in [-0.2, -0.15) is 0 Å². The number of benzene rings is 1. The Morgan fingerprint density at radius 1 is 1.22 bits per heavy atom. The Kier molecular flexibility index (Phi) is 3.55. The molecule has 18 heavy (non-hydrogen) atoms. The summed E-state index contributed by atoms with van der Waals surface area (Å²) in [6.07, 6.45) is 2.21. The van der Waals surface area contributed by atoms with E-state index >= 15 is 0 Å². The van der Waals surface area contributed by atoms with E-state index in [0.717, 1.165) is 62.4 Å². The monoisotopic (exact) mass is 248 g/mol. The number of nitrogens with one attached hydrogen (secondary N) is 2. The van der Waals surface area contributed by atoms with Crippen molar-refractivity contribution in [3.8, 4) is 11.5 Å². The average molecular weight is 248 g/mol. The van der Waals surface area contributed by atoms with E-state index in [0.29, 0.717) is 0 Å². The molecule has 1 aromatic carbocycles. The second kappa shape index (κ2) is 5.48. The van der Waals surface area contributed by atoms with Crippen molar-refractivity contribution >= 4 is 5.69 Å². The summed E-state index contributed by atoms with van der Waals surface area (Å²) in [7, 11) is 0. The molecule has 1 aromatic rings. The first-order valence-corrected chi connectivity index (χ1v) is 6.76. The molecule has 4 nitrogen and oxygen atoms in total. The van der Waals surface area contributed by atoms with Crippen LogP contribution < -0.4 is 20.1 Å². The minimum Gasteiger partial charge on any atom is -0.490 e. The molecule has 1 unspecified atom stereocenters. The first-order valence-electron chi connectivity index (χ1n) is 6.76. The van der Waals surface area contributed by atoms with Crippen molar-refractivity contribution in [2.24, 2.45) is 5.92 Å². The maximum atomic E-state index is 5.68. The minimum atomic E-state index is 0.737. The van der Waals surface area contributed by atoms with E-state index in [4.69, 9.17) is 9.47 Å². The van der Waals surface area contributed by atoms with Crippen molar-refractivity contribution in [1.82, 2.24) is 5.32 Å².